The van der Waals surface area contributed by atoms with Crippen LogP contribution in [0.2, 0.25) is 5.02 Å². The Morgan fingerprint density at radius 3 is 2.65 bits per heavy atom. The maximum Gasteiger partial charge on any atom is 0.257 e. The standard InChI is InChI=1S/C17H19ClN4O3S/c1-2-22(15-6-7-26(24,25)11-15)16(23)12-9-19-17(20-10-12)21-14-5-3-4-13(18)8-14/h3-5,8-10,15H,2,6-7,11H2,1H3,(H,19,20,21). The van der Waals surface area contributed by atoms with Crippen LogP contribution >= 0.6 is 11.6 Å². The number of benzene rings is 1. The second-order valence-corrected chi connectivity index (χ2v) is 8.74. The average molecular weight is 395 g/mol. The number of hydrogen-bond acceptors (Lipinski definition) is 6. The molecule has 1 aromatic carbocycles. The molecule has 1 aliphatic rings. The fourth-order valence-corrected chi connectivity index (χ4v) is 4.87. The zero-order chi connectivity index (χ0) is 18.7. The molecule has 7 nitrogen and oxygen atoms in total. The van der Waals surface area contributed by atoms with Crippen LogP contribution in [0.1, 0.15) is 23.7 Å². The van der Waals surface area contributed by atoms with Crippen molar-refractivity contribution in [2.45, 2.75) is 19.4 Å². The van der Waals surface area contributed by atoms with Gasteiger partial charge in [0.05, 0.1) is 17.1 Å². The van der Waals surface area contributed by atoms with Gasteiger partial charge in [-0.3, -0.25) is 4.79 Å². The number of nitrogens with zero attached hydrogens (tertiary/aromatic N) is 3. The molecule has 0 bridgehead atoms. The molecule has 0 spiro atoms. The SMILES string of the molecule is CCN(C(=O)c1cnc(Nc2cccc(Cl)c2)nc1)C1CCS(=O)(=O)C1. The van der Waals surface area contributed by atoms with E-state index in [4.69, 9.17) is 11.6 Å². The number of aromatic nitrogens is 2. The maximum absolute atomic E-state index is 12.7. The van der Waals surface area contributed by atoms with Crippen LogP contribution in [-0.4, -0.2) is 53.3 Å². The Bertz CT molecular complexity index is 902. The van der Waals surface area contributed by atoms with E-state index in [1.165, 1.54) is 12.4 Å². The van der Waals surface area contributed by atoms with E-state index in [-0.39, 0.29) is 23.5 Å². The van der Waals surface area contributed by atoms with Gasteiger partial charge in [0.1, 0.15) is 0 Å². The lowest BCUT2D eigenvalue weighted by Crippen LogP contribution is -2.41. The summed E-state index contributed by atoms with van der Waals surface area (Å²) in [5.41, 5.74) is 1.07. The quantitative estimate of drug-likeness (QED) is 0.837. The molecular formula is C17H19ClN4O3S. The molecule has 9 heteroatoms. The fourth-order valence-electron chi connectivity index (χ4n) is 2.95. The molecule has 0 saturated carbocycles. The zero-order valence-electron chi connectivity index (χ0n) is 14.2. The molecule has 1 saturated heterocycles. The molecule has 0 radical (unpaired) electrons. The van der Waals surface area contributed by atoms with E-state index in [9.17, 15) is 13.2 Å². The van der Waals surface area contributed by atoms with Crippen LogP contribution in [0.15, 0.2) is 36.7 Å². The van der Waals surface area contributed by atoms with Crippen LogP contribution < -0.4 is 5.32 Å². The van der Waals surface area contributed by atoms with E-state index in [1.54, 1.807) is 23.1 Å². The number of carbonyl (C=O) groups is 1. The van der Waals surface area contributed by atoms with E-state index in [0.717, 1.165) is 5.69 Å². The third-order valence-corrected chi connectivity index (χ3v) is 6.22. The van der Waals surface area contributed by atoms with Crippen molar-refractivity contribution in [3.63, 3.8) is 0 Å². The molecule has 0 aliphatic carbocycles. The lowest BCUT2D eigenvalue weighted by Gasteiger charge is -2.26. The lowest BCUT2D eigenvalue weighted by atomic mass is 10.2. The molecule has 1 atom stereocenters. The molecule has 26 heavy (non-hydrogen) atoms. The summed E-state index contributed by atoms with van der Waals surface area (Å²) < 4.78 is 23.4. The van der Waals surface area contributed by atoms with Gasteiger partial charge in [-0.15, -0.1) is 0 Å². The smallest absolute Gasteiger partial charge is 0.257 e. The number of anilines is 2. The first-order chi connectivity index (χ1) is 12.4. The van der Waals surface area contributed by atoms with Gasteiger partial charge in [0, 0.05) is 35.7 Å². The number of rotatable bonds is 5. The minimum Gasteiger partial charge on any atom is -0.335 e. The predicted octanol–water partition coefficient (Wildman–Crippen LogP) is 2.52. The molecule has 1 fully saturated rings. The van der Waals surface area contributed by atoms with Gasteiger partial charge in [-0.05, 0) is 31.5 Å². The second kappa shape index (κ2) is 7.59. The van der Waals surface area contributed by atoms with E-state index >= 15 is 0 Å². The highest BCUT2D eigenvalue weighted by atomic mass is 35.5. The fraction of sp³-hybridized carbons (Fsp3) is 0.353. The number of halogens is 1. The first kappa shape index (κ1) is 18.6. The van der Waals surface area contributed by atoms with Crippen molar-refractivity contribution < 1.29 is 13.2 Å². The van der Waals surface area contributed by atoms with Crippen molar-refractivity contribution in [1.82, 2.24) is 14.9 Å². The summed E-state index contributed by atoms with van der Waals surface area (Å²) in [7, 11) is -3.06. The molecule has 138 valence electrons. The summed E-state index contributed by atoms with van der Waals surface area (Å²) in [5, 5.41) is 3.60. The van der Waals surface area contributed by atoms with Gasteiger partial charge in [0.15, 0.2) is 9.84 Å². The molecule has 1 amide bonds. The van der Waals surface area contributed by atoms with E-state index < -0.39 is 9.84 Å². The van der Waals surface area contributed by atoms with Crippen LogP contribution in [0.5, 0.6) is 0 Å². The highest BCUT2D eigenvalue weighted by molar-refractivity contribution is 7.91. The summed E-state index contributed by atoms with van der Waals surface area (Å²) in [6.45, 7) is 2.26. The van der Waals surface area contributed by atoms with Crippen molar-refractivity contribution >= 4 is 39.0 Å². The summed E-state index contributed by atoms with van der Waals surface area (Å²) in [6, 6.07) is 6.84. The minimum absolute atomic E-state index is 0.0157. The summed E-state index contributed by atoms with van der Waals surface area (Å²) >= 11 is 5.94. The Morgan fingerprint density at radius 2 is 2.08 bits per heavy atom. The molecule has 3 rings (SSSR count). The van der Waals surface area contributed by atoms with Gasteiger partial charge >= 0.3 is 0 Å². The van der Waals surface area contributed by atoms with Gasteiger partial charge in [-0.2, -0.15) is 0 Å². The Labute approximate surface area is 157 Å². The first-order valence-corrected chi connectivity index (χ1v) is 10.4. The van der Waals surface area contributed by atoms with Crippen LogP contribution in [0.25, 0.3) is 0 Å². The van der Waals surface area contributed by atoms with Gasteiger partial charge in [-0.1, -0.05) is 17.7 Å². The number of hydrogen-bond donors (Lipinski definition) is 1. The van der Waals surface area contributed by atoms with Crippen molar-refractivity contribution in [1.29, 1.82) is 0 Å². The van der Waals surface area contributed by atoms with Gasteiger partial charge in [0.2, 0.25) is 5.95 Å². The second-order valence-electron chi connectivity index (χ2n) is 6.08. The Morgan fingerprint density at radius 1 is 1.35 bits per heavy atom. The highest BCUT2D eigenvalue weighted by Crippen LogP contribution is 2.21. The molecular weight excluding hydrogens is 376 g/mol. The largest absolute Gasteiger partial charge is 0.335 e. The monoisotopic (exact) mass is 394 g/mol. The molecule has 2 aromatic rings. The number of amides is 1. The number of nitrogens with one attached hydrogen (secondary N) is 1. The topological polar surface area (TPSA) is 92.3 Å². The average Bonchev–Trinajstić information content (AvgIpc) is 2.96. The number of carbonyl (C=O) groups excluding carboxylic acids is 1. The normalized spacial score (nSPS) is 18.5. The van der Waals surface area contributed by atoms with Crippen LogP contribution in [0.3, 0.4) is 0 Å². The number of sulfone groups is 1. The van der Waals surface area contributed by atoms with E-state index in [0.29, 0.717) is 29.5 Å². The zero-order valence-corrected chi connectivity index (χ0v) is 15.8. The van der Waals surface area contributed by atoms with E-state index in [1.807, 2.05) is 13.0 Å². The Hall–Kier alpha value is -2.19. The summed E-state index contributed by atoms with van der Waals surface area (Å²) in [5.74, 6) is 0.224. The van der Waals surface area contributed by atoms with Crippen molar-refractivity contribution in [3.05, 3.63) is 47.2 Å². The Balaban J connectivity index is 1.71. The summed E-state index contributed by atoms with van der Waals surface area (Å²) in [4.78, 5) is 22.6. The van der Waals surface area contributed by atoms with Gasteiger partial charge in [0.25, 0.3) is 5.91 Å². The molecule has 2 heterocycles. The maximum atomic E-state index is 12.7. The Kier molecular flexibility index (Phi) is 5.43. The molecule has 1 N–H and O–H groups in total. The molecule has 1 aliphatic heterocycles. The third-order valence-electron chi connectivity index (χ3n) is 4.23. The highest BCUT2D eigenvalue weighted by Gasteiger charge is 2.34. The lowest BCUT2D eigenvalue weighted by molar-refractivity contribution is 0.0707. The predicted molar refractivity (Wildman–Crippen MR) is 101 cm³/mol. The van der Waals surface area contributed by atoms with Crippen LogP contribution in [-0.2, 0) is 9.84 Å². The third kappa shape index (κ3) is 4.31. The van der Waals surface area contributed by atoms with E-state index in [2.05, 4.69) is 15.3 Å². The van der Waals surface area contributed by atoms with Gasteiger partial charge < -0.3 is 10.2 Å². The molecule has 1 unspecified atom stereocenters. The van der Waals surface area contributed by atoms with Crippen molar-refractivity contribution in [2.75, 3.05) is 23.4 Å². The van der Waals surface area contributed by atoms with Gasteiger partial charge in [-0.25, -0.2) is 18.4 Å². The van der Waals surface area contributed by atoms with Crippen molar-refractivity contribution in [3.8, 4) is 0 Å². The van der Waals surface area contributed by atoms with Crippen LogP contribution in [0.4, 0.5) is 11.6 Å². The van der Waals surface area contributed by atoms with Crippen molar-refractivity contribution in [2.24, 2.45) is 0 Å². The summed E-state index contributed by atoms with van der Waals surface area (Å²) in [6.07, 6.45) is 3.35. The first-order valence-electron chi connectivity index (χ1n) is 8.24. The minimum atomic E-state index is -3.06. The molecule has 1 aromatic heterocycles. The van der Waals surface area contributed by atoms with Crippen LogP contribution in [0, 0.1) is 0 Å².